The van der Waals surface area contributed by atoms with E-state index in [0.29, 0.717) is 12.4 Å². The predicted molar refractivity (Wildman–Crippen MR) is 54.6 cm³/mol. The smallest absolute Gasteiger partial charge is 0.308 e. The van der Waals surface area contributed by atoms with Gasteiger partial charge < -0.3 is 9.47 Å². The van der Waals surface area contributed by atoms with Crippen LogP contribution in [0.5, 0.6) is 5.75 Å². The Hall–Kier alpha value is -1.52. The Morgan fingerprint density at radius 1 is 1.60 bits per heavy atom. The average Bonchev–Trinajstić information content (AvgIpc) is 2.66. The van der Waals surface area contributed by atoms with Crippen molar-refractivity contribution in [2.75, 3.05) is 13.7 Å². The van der Waals surface area contributed by atoms with E-state index in [0.717, 1.165) is 13.0 Å². The topological polar surface area (TPSA) is 53.4 Å². The standard InChI is InChI=1S/C10H16N2O3/c1-3-5-12-8-9(7-11-12)15-6-4-10(13)14-2/h7-8H,3-6H2,1-2H3. The summed E-state index contributed by atoms with van der Waals surface area (Å²) in [5.41, 5.74) is 0. The number of hydrogen-bond acceptors (Lipinski definition) is 4. The Balaban J connectivity index is 2.28. The Bertz CT molecular complexity index is 309. The van der Waals surface area contributed by atoms with Crippen molar-refractivity contribution >= 4 is 5.97 Å². The lowest BCUT2D eigenvalue weighted by molar-refractivity contribution is -0.141. The first-order chi connectivity index (χ1) is 7.26. The van der Waals surface area contributed by atoms with Gasteiger partial charge in [0, 0.05) is 6.54 Å². The molecular weight excluding hydrogens is 196 g/mol. The van der Waals surface area contributed by atoms with Crippen LogP contribution < -0.4 is 4.74 Å². The second-order valence-electron chi connectivity index (χ2n) is 3.11. The van der Waals surface area contributed by atoms with E-state index in [1.165, 1.54) is 7.11 Å². The minimum atomic E-state index is -0.268. The van der Waals surface area contributed by atoms with Crippen LogP contribution in [-0.2, 0) is 16.1 Å². The van der Waals surface area contributed by atoms with Gasteiger partial charge in [0.15, 0.2) is 5.75 Å². The van der Waals surface area contributed by atoms with E-state index in [-0.39, 0.29) is 12.4 Å². The molecule has 5 heteroatoms. The van der Waals surface area contributed by atoms with Gasteiger partial charge >= 0.3 is 5.97 Å². The molecule has 1 aromatic rings. The highest BCUT2D eigenvalue weighted by Crippen LogP contribution is 2.08. The van der Waals surface area contributed by atoms with Crippen LogP contribution in [0.25, 0.3) is 0 Å². The molecular formula is C10H16N2O3. The zero-order valence-electron chi connectivity index (χ0n) is 9.10. The molecule has 0 aliphatic carbocycles. The zero-order chi connectivity index (χ0) is 11.1. The molecule has 0 aromatic carbocycles. The average molecular weight is 212 g/mol. The van der Waals surface area contributed by atoms with Crippen LogP contribution in [-0.4, -0.2) is 29.5 Å². The molecule has 1 rings (SSSR count). The molecule has 0 fully saturated rings. The Labute approximate surface area is 89.0 Å². The third-order valence-corrected chi connectivity index (χ3v) is 1.86. The van der Waals surface area contributed by atoms with Gasteiger partial charge in [0.05, 0.1) is 32.5 Å². The minimum absolute atomic E-state index is 0.259. The number of rotatable bonds is 6. The number of hydrogen-bond donors (Lipinski definition) is 0. The number of carbonyl (C=O) groups is 1. The van der Waals surface area contributed by atoms with Crippen molar-refractivity contribution in [1.29, 1.82) is 0 Å². The number of aromatic nitrogens is 2. The highest BCUT2D eigenvalue weighted by molar-refractivity contribution is 5.69. The highest BCUT2D eigenvalue weighted by atomic mass is 16.5. The van der Waals surface area contributed by atoms with E-state index in [4.69, 9.17) is 4.74 Å². The summed E-state index contributed by atoms with van der Waals surface area (Å²) in [4.78, 5) is 10.8. The molecule has 15 heavy (non-hydrogen) atoms. The SMILES string of the molecule is CCCn1cc(OCCC(=O)OC)cn1. The fourth-order valence-corrected chi connectivity index (χ4v) is 1.12. The molecule has 84 valence electrons. The van der Waals surface area contributed by atoms with Gasteiger partial charge in [-0.15, -0.1) is 0 Å². The molecule has 0 saturated heterocycles. The van der Waals surface area contributed by atoms with Crippen molar-refractivity contribution in [1.82, 2.24) is 9.78 Å². The summed E-state index contributed by atoms with van der Waals surface area (Å²) in [6.07, 6.45) is 4.76. The first-order valence-electron chi connectivity index (χ1n) is 4.98. The molecule has 0 spiro atoms. The highest BCUT2D eigenvalue weighted by Gasteiger charge is 2.02. The molecule has 0 atom stereocenters. The van der Waals surface area contributed by atoms with Crippen LogP contribution in [0.4, 0.5) is 0 Å². The van der Waals surface area contributed by atoms with Crippen molar-refractivity contribution in [3.63, 3.8) is 0 Å². The van der Waals surface area contributed by atoms with Crippen molar-refractivity contribution in [2.45, 2.75) is 26.3 Å². The third kappa shape index (κ3) is 4.01. The monoisotopic (exact) mass is 212 g/mol. The molecule has 0 N–H and O–H groups in total. The quantitative estimate of drug-likeness (QED) is 0.666. The Kier molecular flexibility index (Phi) is 4.66. The summed E-state index contributed by atoms with van der Waals surface area (Å²) in [5, 5.41) is 4.10. The number of ether oxygens (including phenoxy) is 2. The number of carbonyl (C=O) groups excluding carboxylic acids is 1. The van der Waals surface area contributed by atoms with Crippen LogP contribution in [0.15, 0.2) is 12.4 Å². The minimum Gasteiger partial charge on any atom is -0.490 e. The molecule has 0 unspecified atom stereocenters. The van der Waals surface area contributed by atoms with Crippen molar-refractivity contribution in [3.8, 4) is 5.75 Å². The number of nitrogens with zero attached hydrogens (tertiary/aromatic N) is 2. The lowest BCUT2D eigenvalue weighted by Gasteiger charge is -2.01. The lowest BCUT2D eigenvalue weighted by Crippen LogP contribution is -2.07. The first-order valence-corrected chi connectivity index (χ1v) is 4.98. The summed E-state index contributed by atoms with van der Waals surface area (Å²) < 4.78 is 11.6. The van der Waals surface area contributed by atoms with E-state index in [1.807, 2.05) is 10.9 Å². The maximum atomic E-state index is 10.8. The molecule has 0 aliphatic rings. The lowest BCUT2D eigenvalue weighted by atomic mass is 10.4. The van der Waals surface area contributed by atoms with E-state index in [2.05, 4.69) is 16.8 Å². The molecule has 0 saturated carbocycles. The van der Waals surface area contributed by atoms with Crippen LogP contribution >= 0.6 is 0 Å². The largest absolute Gasteiger partial charge is 0.490 e. The summed E-state index contributed by atoms with van der Waals surface area (Å²) in [6, 6.07) is 0. The predicted octanol–water partition coefficient (Wildman–Crippen LogP) is 1.23. The summed E-state index contributed by atoms with van der Waals surface area (Å²) in [6.45, 7) is 3.28. The van der Waals surface area contributed by atoms with Crippen LogP contribution in [0.3, 0.4) is 0 Å². The molecule has 0 radical (unpaired) electrons. The first kappa shape index (κ1) is 11.6. The van der Waals surface area contributed by atoms with Crippen molar-refractivity contribution in [2.24, 2.45) is 0 Å². The maximum Gasteiger partial charge on any atom is 0.308 e. The van der Waals surface area contributed by atoms with Gasteiger partial charge in [0.1, 0.15) is 0 Å². The van der Waals surface area contributed by atoms with Crippen LogP contribution in [0.1, 0.15) is 19.8 Å². The van der Waals surface area contributed by atoms with Gasteiger partial charge in [-0.05, 0) is 6.42 Å². The molecule has 0 bridgehead atoms. The van der Waals surface area contributed by atoms with Gasteiger partial charge in [-0.1, -0.05) is 6.92 Å². The van der Waals surface area contributed by atoms with E-state index in [9.17, 15) is 4.79 Å². The summed E-state index contributed by atoms with van der Waals surface area (Å²) >= 11 is 0. The van der Waals surface area contributed by atoms with Crippen molar-refractivity contribution in [3.05, 3.63) is 12.4 Å². The molecule has 0 amide bonds. The summed E-state index contributed by atoms with van der Waals surface area (Å²) in [5.74, 6) is 0.420. The second kappa shape index (κ2) is 6.06. The molecule has 5 nitrogen and oxygen atoms in total. The normalized spacial score (nSPS) is 10.0. The summed E-state index contributed by atoms with van der Waals surface area (Å²) in [7, 11) is 1.36. The van der Waals surface area contributed by atoms with Gasteiger partial charge in [-0.2, -0.15) is 5.10 Å². The van der Waals surface area contributed by atoms with E-state index in [1.54, 1.807) is 6.20 Å². The maximum absolute atomic E-state index is 10.8. The van der Waals surface area contributed by atoms with E-state index < -0.39 is 0 Å². The number of methoxy groups -OCH3 is 1. The zero-order valence-corrected chi connectivity index (χ0v) is 9.10. The van der Waals surface area contributed by atoms with E-state index >= 15 is 0 Å². The molecule has 1 aromatic heterocycles. The van der Waals surface area contributed by atoms with Crippen LogP contribution in [0.2, 0.25) is 0 Å². The third-order valence-electron chi connectivity index (χ3n) is 1.86. The Morgan fingerprint density at radius 3 is 3.07 bits per heavy atom. The fraction of sp³-hybridized carbons (Fsp3) is 0.600. The van der Waals surface area contributed by atoms with Crippen molar-refractivity contribution < 1.29 is 14.3 Å². The van der Waals surface area contributed by atoms with Crippen LogP contribution in [0, 0.1) is 0 Å². The molecule has 0 aliphatic heterocycles. The van der Waals surface area contributed by atoms with Gasteiger partial charge in [-0.3, -0.25) is 9.48 Å². The number of esters is 1. The second-order valence-corrected chi connectivity index (χ2v) is 3.11. The Morgan fingerprint density at radius 2 is 2.40 bits per heavy atom. The van der Waals surface area contributed by atoms with Gasteiger partial charge in [-0.25, -0.2) is 0 Å². The molecule has 1 heterocycles. The fourth-order valence-electron chi connectivity index (χ4n) is 1.12. The van der Waals surface area contributed by atoms with Gasteiger partial charge in [0.2, 0.25) is 0 Å². The van der Waals surface area contributed by atoms with Gasteiger partial charge in [0.25, 0.3) is 0 Å². The number of aryl methyl sites for hydroxylation is 1.